The molecule has 0 aliphatic heterocycles. The first-order valence-corrected chi connectivity index (χ1v) is 5.67. The predicted molar refractivity (Wildman–Crippen MR) is 72.9 cm³/mol. The molecule has 0 amide bonds. The summed E-state index contributed by atoms with van der Waals surface area (Å²) >= 11 is 0. The molecule has 4 heteroatoms. The van der Waals surface area contributed by atoms with E-state index in [0.29, 0.717) is 6.54 Å². The number of nitrogens with two attached hydrogens (primary N) is 1. The van der Waals surface area contributed by atoms with E-state index in [-0.39, 0.29) is 12.4 Å². The predicted octanol–water partition coefficient (Wildman–Crippen LogP) is 2.03. The van der Waals surface area contributed by atoms with Crippen molar-refractivity contribution in [1.29, 1.82) is 0 Å². The number of hydrogen-bond donors (Lipinski definition) is 1. The van der Waals surface area contributed by atoms with E-state index in [1.807, 2.05) is 17.7 Å². The zero-order valence-electron chi connectivity index (χ0n) is 10.8. The number of halogens is 1. The van der Waals surface area contributed by atoms with Gasteiger partial charge in [0.25, 0.3) is 0 Å². The summed E-state index contributed by atoms with van der Waals surface area (Å²) in [5, 5.41) is 0. The maximum absolute atomic E-state index is 5.87. The van der Waals surface area contributed by atoms with E-state index in [1.165, 1.54) is 11.1 Å². The molecule has 0 aliphatic carbocycles. The number of rotatable bonds is 4. The molecule has 1 aromatic rings. The summed E-state index contributed by atoms with van der Waals surface area (Å²) in [5.41, 5.74) is 2.47. The van der Waals surface area contributed by atoms with Crippen LogP contribution in [0.5, 0.6) is 0 Å². The van der Waals surface area contributed by atoms with Crippen LogP contribution in [0.15, 0.2) is 24.3 Å². The van der Waals surface area contributed by atoms with Crippen LogP contribution in [0.1, 0.15) is 24.5 Å². The Morgan fingerprint density at radius 1 is 1.35 bits per heavy atom. The summed E-state index contributed by atoms with van der Waals surface area (Å²) in [6.07, 6.45) is 1.10. The number of aryl methyl sites for hydroxylation is 1. The molecule has 1 aromatic carbocycles. The van der Waals surface area contributed by atoms with Crippen LogP contribution in [0.25, 0.3) is 0 Å². The lowest BCUT2D eigenvalue weighted by Crippen LogP contribution is -2.22. The van der Waals surface area contributed by atoms with Gasteiger partial charge in [-0.25, -0.2) is 0 Å². The van der Waals surface area contributed by atoms with Gasteiger partial charge in [-0.2, -0.15) is 5.84 Å². The summed E-state index contributed by atoms with van der Waals surface area (Å²) in [4.78, 5) is 0. The van der Waals surface area contributed by atoms with Crippen molar-refractivity contribution in [3.63, 3.8) is 0 Å². The lowest BCUT2D eigenvalue weighted by molar-refractivity contribution is -0.594. The summed E-state index contributed by atoms with van der Waals surface area (Å²) in [6, 6.07) is 11.4. The van der Waals surface area contributed by atoms with Gasteiger partial charge in [0.2, 0.25) is 6.54 Å². The molecule has 0 spiro atoms. The maximum atomic E-state index is 5.87. The first kappa shape index (κ1) is 15.7. The minimum Gasteiger partial charge on any atom is -0.197 e. The van der Waals surface area contributed by atoms with Crippen molar-refractivity contribution in [2.45, 2.75) is 26.8 Å². The summed E-state index contributed by atoms with van der Waals surface area (Å²) in [6.45, 7) is 5.89. The Balaban J connectivity index is 0.00000256. The van der Waals surface area contributed by atoms with E-state index in [0.717, 1.165) is 13.0 Å². The Bertz CT molecular complexity index is 420. The van der Waals surface area contributed by atoms with E-state index >= 15 is 0 Å². The second kappa shape index (κ2) is 7.88. The van der Waals surface area contributed by atoms with Crippen LogP contribution in [-0.4, -0.2) is 28.9 Å². The molecule has 94 valence electrons. The lowest BCUT2D eigenvalue weighted by atomic mass is 10.1. The molecule has 17 heavy (non-hydrogen) atoms. The Kier molecular flexibility index (Phi) is 7.27. The standard InChI is InChI=1S/C13H21N3.ClH/c1-4-8-15(3)11-16(14)10-13-7-5-6-12(2)9-13;/h5-7,9H,4,8,10,14H2,1-3H3;1H/q+2;. The Labute approximate surface area is 110 Å². The molecule has 0 saturated heterocycles. The van der Waals surface area contributed by atoms with Crippen molar-refractivity contribution in [1.82, 2.24) is 0 Å². The van der Waals surface area contributed by atoms with Crippen molar-refractivity contribution < 1.29 is 9.26 Å². The lowest BCUT2D eigenvalue weighted by Gasteiger charge is -1.95. The molecule has 0 aromatic heterocycles. The Morgan fingerprint density at radius 3 is 2.65 bits per heavy atom. The van der Waals surface area contributed by atoms with Crippen molar-refractivity contribution >= 4 is 18.4 Å². The zero-order chi connectivity index (χ0) is 12.0. The van der Waals surface area contributed by atoms with Gasteiger partial charge in [-0.05, 0) is 17.7 Å². The molecule has 0 radical (unpaired) electrons. The fraction of sp³-hybridized carbons (Fsp3) is 0.462. The van der Waals surface area contributed by atoms with Gasteiger partial charge < -0.3 is 0 Å². The van der Waals surface area contributed by atoms with Crippen molar-refractivity contribution in [3.8, 4) is 0 Å². The van der Waals surface area contributed by atoms with Crippen molar-refractivity contribution in [3.05, 3.63) is 35.4 Å². The van der Waals surface area contributed by atoms with Crippen LogP contribution in [-0.2, 0) is 6.54 Å². The molecule has 2 N–H and O–H groups in total. The van der Waals surface area contributed by atoms with Gasteiger partial charge in [0, 0.05) is 12.0 Å². The van der Waals surface area contributed by atoms with Gasteiger partial charge in [0.1, 0.15) is 7.05 Å². The van der Waals surface area contributed by atoms with E-state index in [1.54, 1.807) is 4.68 Å². The number of hydrazone groups is 1. The van der Waals surface area contributed by atoms with Gasteiger partial charge in [-0.1, -0.05) is 30.7 Å². The molecule has 0 unspecified atom stereocenters. The Hall–Kier alpha value is -1.31. The third-order valence-corrected chi connectivity index (χ3v) is 2.29. The highest BCUT2D eigenvalue weighted by molar-refractivity contribution is 5.85. The van der Waals surface area contributed by atoms with E-state index in [2.05, 4.69) is 38.1 Å². The van der Waals surface area contributed by atoms with Gasteiger partial charge in [0.15, 0.2) is 6.54 Å². The monoisotopic (exact) mass is 255 g/mol. The van der Waals surface area contributed by atoms with Crippen LogP contribution in [0.4, 0.5) is 0 Å². The van der Waals surface area contributed by atoms with Crippen LogP contribution < -0.4 is 5.84 Å². The largest absolute Gasteiger partial charge is 0.508 e. The van der Waals surface area contributed by atoms with E-state index in [4.69, 9.17) is 5.84 Å². The highest BCUT2D eigenvalue weighted by Crippen LogP contribution is 2.03. The fourth-order valence-electron chi connectivity index (χ4n) is 1.65. The van der Waals surface area contributed by atoms with Gasteiger partial charge >= 0.3 is 6.01 Å². The van der Waals surface area contributed by atoms with Crippen molar-refractivity contribution in [2.75, 3.05) is 13.6 Å². The smallest absolute Gasteiger partial charge is 0.197 e. The van der Waals surface area contributed by atoms with Crippen LogP contribution in [0.2, 0.25) is 0 Å². The molecular formula is C13H22ClN3+2. The number of benzene rings is 1. The average molecular weight is 256 g/mol. The SMILES string of the molecule is CCC[N+](C)=C=[N+](N)Cc1cccc(C)c1.Cl. The topological polar surface area (TPSA) is 32.0 Å². The molecule has 0 atom stereocenters. The highest BCUT2D eigenvalue weighted by Gasteiger charge is 2.04. The molecular weight excluding hydrogens is 234 g/mol. The first-order valence-electron chi connectivity index (χ1n) is 5.67. The third-order valence-electron chi connectivity index (χ3n) is 2.29. The summed E-state index contributed by atoms with van der Waals surface area (Å²) in [5.74, 6) is 5.87. The zero-order valence-corrected chi connectivity index (χ0v) is 11.6. The van der Waals surface area contributed by atoms with Crippen molar-refractivity contribution in [2.24, 2.45) is 5.84 Å². The van der Waals surface area contributed by atoms with E-state index in [9.17, 15) is 0 Å². The van der Waals surface area contributed by atoms with Crippen LogP contribution in [0.3, 0.4) is 0 Å². The molecule has 1 rings (SSSR count). The molecule has 0 fully saturated rings. The number of nitrogens with zero attached hydrogens (tertiary/aromatic N) is 2. The second-order valence-corrected chi connectivity index (χ2v) is 4.14. The van der Waals surface area contributed by atoms with E-state index < -0.39 is 0 Å². The molecule has 0 aliphatic rings. The number of hydrogen-bond acceptors (Lipinski definition) is 1. The number of hydrazine groups is 1. The minimum atomic E-state index is 0. The van der Waals surface area contributed by atoms with Gasteiger partial charge in [-0.3, -0.25) is 0 Å². The Morgan fingerprint density at radius 2 is 2.06 bits per heavy atom. The molecule has 3 nitrogen and oxygen atoms in total. The first-order chi connectivity index (χ1) is 7.61. The maximum Gasteiger partial charge on any atom is 0.508 e. The molecule has 0 heterocycles. The molecule has 0 bridgehead atoms. The quantitative estimate of drug-likeness (QED) is 0.380. The summed E-state index contributed by atoms with van der Waals surface area (Å²) in [7, 11) is 1.99. The van der Waals surface area contributed by atoms with Crippen LogP contribution >= 0.6 is 12.4 Å². The average Bonchev–Trinajstić information content (AvgIpc) is 2.17. The van der Waals surface area contributed by atoms with Gasteiger partial charge in [0.05, 0.1) is 0 Å². The second-order valence-electron chi connectivity index (χ2n) is 4.14. The normalized spacial score (nSPS) is 9.12. The molecule has 0 saturated carbocycles. The minimum absolute atomic E-state index is 0. The highest BCUT2D eigenvalue weighted by atomic mass is 35.5. The fourth-order valence-corrected chi connectivity index (χ4v) is 1.65. The summed E-state index contributed by atoms with van der Waals surface area (Å²) < 4.78 is 3.58. The third kappa shape index (κ3) is 6.10. The van der Waals surface area contributed by atoms with Crippen LogP contribution in [0, 0.1) is 6.92 Å². The van der Waals surface area contributed by atoms with Gasteiger partial charge in [-0.15, -0.1) is 17.0 Å².